The number of ketones is 3. The minimum absolute atomic E-state index is 0.0185. The fraction of sp³-hybridized carbons (Fsp3) is 0.344. The molecular weight excluding hydrogens is 1250 g/mol. The molecule has 0 radical (unpaired) electrons. The lowest BCUT2D eigenvalue weighted by molar-refractivity contribution is -0.386. The zero-order valence-corrected chi connectivity index (χ0v) is 51.8. The number of phenols is 2. The van der Waals surface area contributed by atoms with Crippen LogP contribution in [-0.2, 0) is 42.1 Å². The Morgan fingerprint density at radius 3 is 2.30 bits per heavy atom. The molecule has 1 heterocycles. The molecule has 1 fully saturated rings. The van der Waals surface area contributed by atoms with Crippen molar-refractivity contribution in [3.63, 3.8) is 0 Å². The molecule has 3 aliphatic rings. The summed E-state index contributed by atoms with van der Waals surface area (Å²) in [5.74, 6) is -5.66. The number of aromatic hydroxyl groups is 2. The summed E-state index contributed by atoms with van der Waals surface area (Å²) >= 11 is 0. The van der Waals surface area contributed by atoms with E-state index < -0.39 is 128 Å². The molecule has 94 heavy (non-hydrogen) atoms. The second-order valence-corrected chi connectivity index (χ2v) is 24.3. The lowest BCUT2D eigenvalue weighted by atomic mass is 9.71. The van der Waals surface area contributed by atoms with Crippen LogP contribution in [0, 0.1) is 16.0 Å². The van der Waals surface area contributed by atoms with Gasteiger partial charge in [-0.1, -0.05) is 48.5 Å². The zero-order chi connectivity index (χ0) is 67.5. The second-order valence-electron chi connectivity index (χ2n) is 22.9. The third kappa shape index (κ3) is 13.7. The molecule has 494 valence electrons. The van der Waals surface area contributed by atoms with Crippen LogP contribution in [-0.4, -0.2) is 158 Å². The van der Waals surface area contributed by atoms with Crippen LogP contribution >= 0.6 is 0 Å². The van der Waals surface area contributed by atoms with Crippen molar-refractivity contribution < 1.29 is 95.9 Å². The number of aliphatic hydroxyl groups excluding tert-OH is 2. The average Bonchev–Trinajstić information content (AvgIpc) is 0.786. The molecule has 3 unspecified atom stereocenters. The number of ether oxygens (including phenoxy) is 5. The van der Waals surface area contributed by atoms with Gasteiger partial charge in [0.05, 0.1) is 96.9 Å². The maximum atomic E-state index is 14.1. The summed E-state index contributed by atoms with van der Waals surface area (Å²) in [6, 6.07) is 21.6. The van der Waals surface area contributed by atoms with Gasteiger partial charge in [0.2, 0.25) is 11.7 Å². The van der Waals surface area contributed by atoms with Crippen LogP contribution in [0.15, 0.2) is 102 Å². The number of hydrogen-bond donors (Lipinski definition) is 10. The highest BCUT2D eigenvalue weighted by Gasteiger charge is 2.50. The summed E-state index contributed by atoms with van der Waals surface area (Å²) in [6.45, 7) is 2.36. The van der Waals surface area contributed by atoms with Crippen molar-refractivity contribution in [1.29, 1.82) is 0 Å². The first-order valence-corrected chi connectivity index (χ1v) is 31.1. The van der Waals surface area contributed by atoms with E-state index in [9.17, 15) is 77.4 Å². The SMILES string of the molecule is COc1cc(C(C)OC(=O)NC2C[C@H](OC3C[C@](O)(C(=O)CO)Cc4c(O)c5c(c(O)c43)C(=O)c3c(OC)cccc3C5=O)C[C@@H](C)[C@H]2O)c([N+](=O)[O-])cc1OCCCC(=O)NCc1cn(-c2ccc(C(=O)NCCNc3cccc4c(S(=O)(=O)O)cccc34)cc2)nn1. The molecule has 7 aromatic rings. The fourth-order valence-corrected chi connectivity index (χ4v) is 12.9. The Morgan fingerprint density at radius 1 is 0.872 bits per heavy atom. The monoisotopic (exact) mass is 1310 g/mol. The maximum Gasteiger partial charge on any atom is 0.408 e. The highest BCUT2D eigenvalue weighted by atomic mass is 32.2. The molecule has 3 amide bonds. The lowest BCUT2D eigenvalue weighted by Gasteiger charge is -2.43. The molecule has 0 aliphatic heterocycles. The summed E-state index contributed by atoms with van der Waals surface area (Å²) in [5.41, 5.74) is -2.95. The van der Waals surface area contributed by atoms with E-state index >= 15 is 0 Å². The van der Waals surface area contributed by atoms with Crippen LogP contribution in [0.3, 0.4) is 0 Å². The first kappa shape index (κ1) is 66.8. The number of nitro benzene ring substituents is 1. The average molecular weight is 1320 g/mol. The van der Waals surface area contributed by atoms with E-state index in [4.69, 9.17) is 23.7 Å². The van der Waals surface area contributed by atoms with Gasteiger partial charge in [0.15, 0.2) is 23.1 Å². The van der Waals surface area contributed by atoms with Gasteiger partial charge in [-0.05, 0) is 80.6 Å². The topological polar surface area (TPSA) is 426 Å². The van der Waals surface area contributed by atoms with Crippen LogP contribution in [0.25, 0.3) is 16.5 Å². The molecule has 29 nitrogen and oxygen atoms in total. The van der Waals surface area contributed by atoms with Crippen LogP contribution in [0.5, 0.6) is 28.7 Å². The number of methoxy groups -OCH3 is 2. The van der Waals surface area contributed by atoms with E-state index in [-0.39, 0.29) is 107 Å². The molecule has 10 rings (SSSR count). The number of nitrogens with zero attached hydrogens (tertiary/aromatic N) is 4. The molecule has 0 saturated heterocycles. The second kappa shape index (κ2) is 27.6. The quantitative estimate of drug-likeness (QED) is 0.0119. The summed E-state index contributed by atoms with van der Waals surface area (Å²) in [5, 5.41) is 89.8. The van der Waals surface area contributed by atoms with E-state index in [0.29, 0.717) is 39.9 Å². The minimum atomic E-state index is -4.44. The molecule has 3 aliphatic carbocycles. The van der Waals surface area contributed by atoms with Gasteiger partial charge in [0, 0.05) is 71.1 Å². The van der Waals surface area contributed by atoms with Gasteiger partial charge in [-0.15, -0.1) is 5.10 Å². The van der Waals surface area contributed by atoms with E-state index in [1.54, 1.807) is 61.7 Å². The first-order chi connectivity index (χ1) is 44.8. The molecule has 0 spiro atoms. The van der Waals surface area contributed by atoms with E-state index in [0.717, 1.165) is 6.07 Å². The molecule has 1 aromatic heterocycles. The molecule has 6 aromatic carbocycles. The standard InChI is InChI=1S/C64H66N8O21S/c1-32-23-37(93-49-28-64(83,51(74)31-73)27-42-54(49)61(80)56-55(59(42)78)58(77)40-11-6-13-46(89-3)53(40)60(56)79)24-44(57(32)76)68-63(82)92-33(2)41-25-47(90-4)48(26-45(41)72(84)85)91-22-8-15-52(75)67-29-35-30-71(70-69-35)36-18-16-34(17-19-36)62(81)66-21-20-65-43-12-5-10-39-38(43)9-7-14-50(39)94(86,87)88/h5-7,9-14,16-19,25-26,30,32-33,37,44,49,57,65,73,76,78,80,83H,8,15,20-24,27-29,31H2,1-4H3,(H,66,81)(H,67,75)(H,68,82)(H,86,87,88)/t32-,33?,37-,44?,49?,57-,64+/m1/s1. The fourth-order valence-electron chi connectivity index (χ4n) is 12.2. The largest absolute Gasteiger partial charge is 0.507 e. The number of fused-ring (bicyclic) bond motifs is 4. The number of benzene rings is 6. The van der Waals surface area contributed by atoms with Crippen molar-refractivity contribution in [2.75, 3.05) is 45.8 Å². The lowest BCUT2D eigenvalue weighted by Crippen LogP contribution is -2.53. The number of Topliss-reactive ketones (excluding diaryl/α,β-unsaturated/α-hetero) is 1. The van der Waals surface area contributed by atoms with Gasteiger partial charge in [-0.2, -0.15) is 8.42 Å². The summed E-state index contributed by atoms with van der Waals surface area (Å²) in [6.07, 6.45) is -5.68. The van der Waals surface area contributed by atoms with Crippen LogP contribution in [0.1, 0.15) is 123 Å². The molecular formula is C64H66N8O21S. The van der Waals surface area contributed by atoms with Crippen molar-refractivity contribution in [1.82, 2.24) is 30.9 Å². The number of amides is 3. The Balaban J connectivity index is 0.706. The number of aliphatic hydroxyl groups is 3. The third-order valence-electron chi connectivity index (χ3n) is 16.9. The number of anilines is 1. The summed E-state index contributed by atoms with van der Waals surface area (Å²) < 4.78 is 63.6. The van der Waals surface area contributed by atoms with Crippen molar-refractivity contribution in [2.45, 2.75) is 99.9 Å². The Hall–Kier alpha value is -10.1. The van der Waals surface area contributed by atoms with Crippen molar-refractivity contribution in [3.05, 3.63) is 158 Å². The van der Waals surface area contributed by atoms with Crippen LogP contribution in [0.4, 0.5) is 16.2 Å². The highest BCUT2D eigenvalue weighted by molar-refractivity contribution is 7.86. The third-order valence-corrected chi connectivity index (χ3v) is 17.8. The van der Waals surface area contributed by atoms with Gasteiger partial charge in [0.25, 0.3) is 21.7 Å². The number of rotatable bonds is 24. The van der Waals surface area contributed by atoms with Crippen LogP contribution in [0.2, 0.25) is 0 Å². The highest BCUT2D eigenvalue weighted by Crippen LogP contribution is 2.53. The van der Waals surface area contributed by atoms with Crippen LogP contribution < -0.4 is 35.5 Å². The number of nitrogens with one attached hydrogen (secondary N) is 4. The Labute approximate surface area is 535 Å². The van der Waals surface area contributed by atoms with Crippen molar-refractivity contribution >= 4 is 67.5 Å². The predicted molar refractivity (Wildman–Crippen MR) is 331 cm³/mol. The number of alkyl carbamates (subject to hydrolysis) is 1. The Morgan fingerprint density at radius 2 is 1.59 bits per heavy atom. The normalized spacial score (nSPS) is 19.4. The first-order valence-electron chi connectivity index (χ1n) is 29.7. The maximum absolute atomic E-state index is 14.1. The van der Waals surface area contributed by atoms with Gasteiger partial charge >= 0.3 is 6.09 Å². The number of hydrogen-bond acceptors (Lipinski definition) is 23. The summed E-state index contributed by atoms with van der Waals surface area (Å²) in [4.78, 5) is 92.3. The number of phenolic OH excluding ortho intramolecular Hbond substituents is 2. The predicted octanol–water partition coefficient (Wildman–Crippen LogP) is 5.41. The number of carbonyl (C=O) groups excluding carboxylic acids is 6. The number of aromatic nitrogens is 3. The molecule has 10 N–H and O–H groups in total. The van der Waals surface area contributed by atoms with E-state index in [1.807, 2.05) is 0 Å². The molecule has 30 heteroatoms. The van der Waals surface area contributed by atoms with Crippen molar-refractivity contribution in [2.24, 2.45) is 5.92 Å². The van der Waals surface area contributed by atoms with Gasteiger partial charge in [0.1, 0.15) is 46.1 Å². The smallest absolute Gasteiger partial charge is 0.408 e. The summed E-state index contributed by atoms with van der Waals surface area (Å²) in [7, 11) is -1.86. The van der Waals surface area contributed by atoms with Gasteiger partial charge < -0.3 is 70.5 Å². The zero-order valence-electron chi connectivity index (χ0n) is 51.0. The van der Waals surface area contributed by atoms with E-state index in [1.165, 1.54) is 62.2 Å². The molecule has 7 atom stereocenters. The van der Waals surface area contributed by atoms with E-state index in [2.05, 4.69) is 31.6 Å². The van der Waals surface area contributed by atoms with Gasteiger partial charge in [-0.25, -0.2) is 9.48 Å². The van der Waals surface area contributed by atoms with Gasteiger partial charge in [-0.3, -0.25) is 38.6 Å². The molecule has 1 saturated carbocycles. The number of nitro groups is 1. The Kier molecular flexibility index (Phi) is 19.6. The minimum Gasteiger partial charge on any atom is -0.507 e. The Bertz CT molecular complexity index is 4280. The van der Waals surface area contributed by atoms with Crippen molar-refractivity contribution in [3.8, 4) is 34.4 Å². The molecule has 0 bridgehead atoms. The number of carbonyl (C=O) groups is 6.